The minimum Gasteiger partial charge on any atom is -0.462 e. The van der Waals surface area contributed by atoms with Gasteiger partial charge in [-0.3, -0.25) is 13.8 Å². The summed E-state index contributed by atoms with van der Waals surface area (Å²) < 4.78 is 22.3. The Kier molecular flexibility index (Phi) is 9.42. The molecule has 0 N–H and O–H groups in total. The third-order valence-corrected chi connectivity index (χ3v) is 17.3. The molecule has 10 atom stereocenters. The first kappa shape index (κ1) is 38.6. The number of hydrogen-bond donors (Lipinski definition) is 0. The number of ether oxygens (including phenoxy) is 1. The van der Waals surface area contributed by atoms with Crippen LogP contribution in [0, 0.1) is 62.1 Å². The van der Waals surface area contributed by atoms with Crippen LogP contribution in [0.3, 0.4) is 0 Å². The molecule has 1 aromatic rings. The molecule has 1 aromatic heterocycles. The standard InChI is InChI=1S/C44H68N2O4S/c1-28-17-22-44(38(48)37(51(12,13)49)32(27-39(4,5)6)46-26-14-25-45-46)24-23-42(10)31(36(44)29(28)2)15-16-34-41(9)20-19-35(50-30(3)47)40(7,8)33(41)18-21-43(34,42)11/h14-15,25-29,33-36H,16-24H2,1-13H3/b32-27+/t28-,29+,33+,34-,35+,36+,41+,42-,43-,44-/m1/s1. The van der Waals surface area contributed by atoms with Gasteiger partial charge in [-0.25, -0.2) is 4.68 Å². The fourth-order valence-electron chi connectivity index (χ4n) is 13.1. The lowest BCUT2D eigenvalue weighted by Crippen LogP contribution is -2.66. The molecule has 0 saturated heterocycles. The summed E-state index contributed by atoms with van der Waals surface area (Å²) >= 11 is 0. The first-order valence-corrected chi connectivity index (χ1v) is 22.3. The van der Waals surface area contributed by atoms with Crippen LogP contribution < -0.4 is 0 Å². The molecule has 0 aliphatic heterocycles. The number of allylic oxidation sites excluding steroid dienone is 4. The van der Waals surface area contributed by atoms with Crippen molar-refractivity contribution in [1.29, 1.82) is 0 Å². The lowest BCUT2D eigenvalue weighted by atomic mass is 9.33. The van der Waals surface area contributed by atoms with Gasteiger partial charge in [0.15, 0.2) is 5.78 Å². The molecule has 1 heterocycles. The van der Waals surface area contributed by atoms with Gasteiger partial charge in [0.2, 0.25) is 0 Å². The van der Waals surface area contributed by atoms with E-state index in [1.807, 2.05) is 12.3 Å². The number of hydrogen-bond acceptors (Lipinski definition) is 5. The molecular formula is C44H68N2O4S. The lowest BCUT2D eigenvalue weighted by molar-refractivity contribution is -0.212. The molecule has 6 rings (SSSR count). The fourth-order valence-corrected chi connectivity index (χ4v) is 14.4. The smallest absolute Gasteiger partial charge is 0.302 e. The van der Waals surface area contributed by atoms with Crippen molar-refractivity contribution in [2.24, 2.45) is 62.1 Å². The van der Waals surface area contributed by atoms with Crippen molar-refractivity contribution in [1.82, 2.24) is 9.78 Å². The van der Waals surface area contributed by atoms with Gasteiger partial charge < -0.3 is 4.74 Å². The van der Waals surface area contributed by atoms with Gasteiger partial charge in [-0.15, -0.1) is 0 Å². The van der Waals surface area contributed by atoms with Gasteiger partial charge in [-0.05, 0) is 125 Å². The van der Waals surface area contributed by atoms with Gasteiger partial charge in [0.25, 0.3) is 0 Å². The quantitative estimate of drug-likeness (QED) is 0.131. The van der Waals surface area contributed by atoms with Crippen LogP contribution in [0.25, 0.3) is 5.70 Å². The molecule has 6 nitrogen and oxygen atoms in total. The fraction of sp³-hybridized carbons (Fsp3) is 0.773. The highest BCUT2D eigenvalue weighted by molar-refractivity contribution is 8.03. The van der Waals surface area contributed by atoms with Crippen LogP contribution in [0.5, 0.6) is 0 Å². The van der Waals surface area contributed by atoms with E-state index in [4.69, 9.17) is 4.74 Å². The van der Waals surface area contributed by atoms with E-state index in [9.17, 15) is 9.00 Å². The topological polar surface area (TPSA) is 78.3 Å². The number of Topliss-reactive ketones (excluding diaryl/α,β-unsaturated/α-hetero) is 1. The Bertz CT molecular complexity index is 1750. The SMILES string of the molecule is CC(=O)O[C@H]1CC[C@]2(C)[C@H]3CC=C4[C@@H]5[C@@H](C)[C@H](C)CC[C@@]5(C(=O)C(/C(=C\C(C)(C)C)n5cccn5)=S(C)(C)=O)CC[C@@]4(C)[C@]3(C)CC[C@H]2C1(C)C. The molecule has 4 saturated carbocycles. The molecule has 0 unspecified atom stereocenters. The number of nitrogens with zero attached hydrogens (tertiary/aromatic N) is 2. The summed E-state index contributed by atoms with van der Waals surface area (Å²) in [4.78, 5) is 28.4. The lowest BCUT2D eigenvalue weighted by Gasteiger charge is -2.71. The van der Waals surface area contributed by atoms with Crippen molar-refractivity contribution < 1.29 is 18.5 Å². The monoisotopic (exact) mass is 720 g/mol. The summed E-state index contributed by atoms with van der Waals surface area (Å²) in [6, 6.07) is 1.88. The Hall–Kier alpha value is -2.15. The highest BCUT2D eigenvalue weighted by atomic mass is 32.2. The van der Waals surface area contributed by atoms with Crippen molar-refractivity contribution in [2.45, 2.75) is 140 Å². The summed E-state index contributed by atoms with van der Waals surface area (Å²) in [6.07, 6.45) is 20.8. The molecule has 0 spiro atoms. The predicted octanol–water partition coefficient (Wildman–Crippen LogP) is 9.64. The third kappa shape index (κ3) is 5.88. The van der Waals surface area contributed by atoms with Gasteiger partial charge in [-0.2, -0.15) is 5.10 Å². The largest absolute Gasteiger partial charge is 0.462 e. The summed E-state index contributed by atoms with van der Waals surface area (Å²) in [5.41, 5.74) is 1.47. The van der Waals surface area contributed by atoms with E-state index in [0.29, 0.717) is 34.2 Å². The van der Waals surface area contributed by atoms with Crippen LogP contribution in [0.15, 0.2) is 36.2 Å². The van der Waals surface area contributed by atoms with Crippen molar-refractivity contribution in [3.8, 4) is 0 Å². The van der Waals surface area contributed by atoms with Crippen molar-refractivity contribution >= 4 is 31.8 Å². The van der Waals surface area contributed by atoms with Crippen LogP contribution in [-0.4, -0.2) is 49.2 Å². The predicted molar refractivity (Wildman–Crippen MR) is 210 cm³/mol. The van der Waals surface area contributed by atoms with Crippen molar-refractivity contribution in [3.63, 3.8) is 0 Å². The van der Waals surface area contributed by atoms with E-state index < -0.39 is 14.9 Å². The molecule has 284 valence electrons. The van der Waals surface area contributed by atoms with E-state index in [2.05, 4.69) is 86.5 Å². The summed E-state index contributed by atoms with van der Waals surface area (Å²) in [5.74, 6) is 1.88. The molecule has 51 heavy (non-hydrogen) atoms. The van der Waals surface area contributed by atoms with Crippen LogP contribution in [0.4, 0.5) is 0 Å². The van der Waals surface area contributed by atoms with Crippen molar-refractivity contribution in [3.05, 3.63) is 36.2 Å². The molecule has 7 heteroatoms. The van der Waals surface area contributed by atoms with Crippen LogP contribution in [0.2, 0.25) is 0 Å². The van der Waals surface area contributed by atoms with Gasteiger partial charge in [0.1, 0.15) is 6.10 Å². The number of carbonyl (C=O) groups is 2. The normalized spacial score (nSPS) is 40.9. The maximum atomic E-state index is 15.8. The van der Waals surface area contributed by atoms with E-state index >= 15 is 4.79 Å². The Labute approximate surface area is 310 Å². The van der Waals surface area contributed by atoms with Crippen LogP contribution in [0.1, 0.15) is 134 Å². The Morgan fingerprint density at radius 1 is 0.961 bits per heavy atom. The number of rotatable bonds is 5. The Morgan fingerprint density at radius 3 is 2.24 bits per heavy atom. The molecule has 0 amide bonds. The van der Waals surface area contributed by atoms with Gasteiger partial charge >= 0.3 is 5.97 Å². The van der Waals surface area contributed by atoms with Gasteiger partial charge in [0.05, 0.1) is 10.6 Å². The second-order valence-corrected chi connectivity index (χ2v) is 23.4. The number of carbonyl (C=O) groups excluding carboxylic acids is 2. The average molecular weight is 721 g/mol. The molecule has 0 aromatic carbocycles. The Balaban J connectivity index is 1.47. The number of aromatic nitrogens is 2. The first-order valence-electron chi connectivity index (χ1n) is 19.9. The molecule has 4 fully saturated rings. The van der Waals surface area contributed by atoms with E-state index in [0.717, 1.165) is 57.8 Å². The third-order valence-electron chi connectivity index (χ3n) is 15.9. The highest BCUT2D eigenvalue weighted by Gasteiger charge is 2.70. The molecule has 0 radical (unpaired) electrons. The summed E-state index contributed by atoms with van der Waals surface area (Å²) in [7, 11) is -2.68. The molecule has 0 bridgehead atoms. The van der Waals surface area contributed by atoms with E-state index in [1.54, 1.807) is 30.3 Å². The second kappa shape index (κ2) is 12.4. The van der Waals surface area contributed by atoms with E-state index in [1.165, 1.54) is 5.57 Å². The van der Waals surface area contributed by atoms with Crippen LogP contribution >= 0.6 is 0 Å². The van der Waals surface area contributed by atoms with Crippen molar-refractivity contribution in [2.75, 3.05) is 12.5 Å². The zero-order chi connectivity index (χ0) is 37.7. The Morgan fingerprint density at radius 2 is 1.65 bits per heavy atom. The maximum Gasteiger partial charge on any atom is 0.302 e. The minimum atomic E-state index is -2.68. The highest BCUT2D eigenvalue weighted by Crippen LogP contribution is 2.76. The number of ketones is 1. The van der Waals surface area contributed by atoms with E-state index in [-0.39, 0.29) is 50.8 Å². The zero-order valence-corrected chi connectivity index (χ0v) is 35.0. The molecule has 5 aliphatic carbocycles. The van der Waals surface area contributed by atoms with Gasteiger partial charge in [0, 0.05) is 42.7 Å². The molecule has 5 aliphatic rings. The summed E-state index contributed by atoms with van der Waals surface area (Å²) in [5, 5.41) is 4.60. The summed E-state index contributed by atoms with van der Waals surface area (Å²) in [6.45, 7) is 25.2. The maximum absolute atomic E-state index is 15.8. The number of esters is 1. The second-order valence-electron chi connectivity index (χ2n) is 20.5. The van der Waals surface area contributed by atoms with Crippen LogP contribution in [-0.2, 0) is 23.8 Å². The van der Waals surface area contributed by atoms with Gasteiger partial charge in [-0.1, -0.05) is 87.0 Å². The zero-order valence-electron chi connectivity index (χ0n) is 34.2. The minimum absolute atomic E-state index is 0.0351. The average Bonchev–Trinajstić information content (AvgIpc) is 3.54. The number of fused-ring (bicyclic) bond motifs is 7. The first-order chi connectivity index (χ1) is 23.4. The molecular weight excluding hydrogens is 653 g/mol.